The molecular weight excluding hydrogens is 260 g/mol. The van der Waals surface area contributed by atoms with Crippen LogP contribution in [-0.2, 0) is 4.79 Å². The van der Waals surface area contributed by atoms with Gasteiger partial charge in [-0.25, -0.2) is 4.68 Å². The molecule has 0 radical (unpaired) electrons. The van der Waals surface area contributed by atoms with E-state index in [1.165, 1.54) is 0 Å². The zero-order valence-corrected chi connectivity index (χ0v) is 12.0. The zero-order valence-electron chi connectivity index (χ0n) is 12.0. The van der Waals surface area contributed by atoms with Gasteiger partial charge in [-0.15, -0.1) is 5.10 Å². The number of nitrogens with zero attached hydrogens (tertiary/aromatic N) is 4. The standard InChI is InChI=1S/C13H18N4O3/c1-8-5-9(7-20-8)12-14-15-16-17(12)10(6-11(18)19)13(2,3)4/h5,7,10H,6H2,1-4H3,(H,18,19). The minimum Gasteiger partial charge on any atom is -0.481 e. The first kappa shape index (κ1) is 14.2. The molecule has 0 saturated heterocycles. The summed E-state index contributed by atoms with van der Waals surface area (Å²) in [5.41, 5.74) is 0.452. The molecule has 2 heterocycles. The molecule has 1 unspecified atom stereocenters. The summed E-state index contributed by atoms with van der Waals surface area (Å²) < 4.78 is 6.83. The molecule has 0 spiro atoms. The Balaban J connectivity index is 2.45. The molecule has 2 aromatic heterocycles. The quantitative estimate of drug-likeness (QED) is 0.922. The molecular formula is C13H18N4O3. The highest BCUT2D eigenvalue weighted by molar-refractivity contribution is 5.67. The summed E-state index contributed by atoms with van der Waals surface area (Å²) in [6.07, 6.45) is 1.52. The average molecular weight is 278 g/mol. The predicted octanol–water partition coefficient (Wildman–Crippen LogP) is 2.30. The highest BCUT2D eigenvalue weighted by Gasteiger charge is 2.32. The van der Waals surface area contributed by atoms with Crippen LogP contribution in [0.2, 0.25) is 0 Å². The lowest BCUT2D eigenvalue weighted by Crippen LogP contribution is -2.28. The highest BCUT2D eigenvalue weighted by atomic mass is 16.4. The summed E-state index contributed by atoms with van der Waals surface area (Å²) >= 11 is 0. The Kier molecular flexibility index (Phi) is 3.61. The lowest BCUT2D eigenvalue weighted by atomic mass is 9.84. The molecule has 2 rings (SSSR count). The summed E-state index contributed by atoms with van der Waals surface area (Å²) in [6, 6.07) is 1.48. The first-order valence-electron chi connectivity index (χ1n) is 6.34. The Morgan fingerprint density at radius 1 is 1.50 bits per heavy atom. The number of hydrogen-bond acceptors (Lipinski definition) is 5. The number of furan rings is 1. The second-order valence-electron chi connectivity index (χ2n) is 5.87. The number of aromatic nitrogens is 4. The Hall–Kier alpha value is -2.18. The van der Waals surface area contributed by atoms with Crippen LogP contribution in [0.15, 0.2) is 16.7 Å². The first-order chi connectivity index (χ1) is 9.29. The second-order valence-corrected chi connectivity index (χ2v) is 5.87. The molecule has 2 aromatic rings. The van der Waals surface area contributed by atoms with Gasteiger partial charge in [-0.1, -0.05) is 20.8 Å². The van der Waals surface area contributed by atoms with Crippen molar-refractivity contribution in [3.05, 3.63) is 18.1 Å². The van der Waals surface area contributed by atoms with Crippen molar-refractivity contribution >= 4 is 5.97 Å². The summed E-state index contributed by atoms with van der Waals surface area (Å²) in [4.78, 5) is 11.1. The van der Waals surface area contributed by atoms with E-state index in [0.717, 1.165) is 11.3 Å². The number of carboxylic acids is 1. The van der Waals surface area contributed by atoms with Crippen molar-refractivity contribution in [3.8, 4) is 11.4 Å². The van der Waals surface area contributed by atoms with Gasteiger partial charge in [0, 0.05) is 0 Å². The topological polar surface area (TPSA) is 94.0 Å². The Morgan fingerprint density at radius 2 is 2.20 bits per heavy atom. The van der Waals surface area contributed by atoms with E-state index in [-0.39, 0.29) is 17.9 Å². The van der Waals surface area contributed by atoms with Gasteiger partial charge >= 0.3 is 5.97 Å². The number of aliphatic carboxylic acids is 1. The summed E-state index contributed by atoms with van der Waals surface area (Å²) in [6.45, 7) is 7.72. The summed E-state index contributed by atoms with van der Waals surface area (Å²) in [7, 11) is 0. The van der Waals surface area contributed by atoms with E-state index in [0.29, 0.717) is 5.82 Å². The maximum atomic E-state index is 11.1. The fourth-order valence-electron chi connectivity index (χ4n) is 2.08. The lowest BCUT2D eigenvalue weighted by Gasteiger charge is -2.29. The van der Waals surface area contributed by atoms with Crippen molar-refractivity contribution in [2.75, 3.05) is 0 Å². The normalized spacial score (nSPS) is 13.4. The number of rotatable bonds is 4. The Bertz CT molecular complexity index is 609. The molecule has 7 nitrogen and oxygen atoms in total. The number of aryl methyl sites for hydroxylation is 1. The molecule has 0 bridgehead atoms. The average Bonchev–Trinajstić information content (AvgIpc) is 2.92. The molecule has 0 aromatic carbocycles. The van der Waals surface area contributed by atoms with E-state index in [2.05, 4.69) is 15.5 Å². The molecule has 0 aliphatic carbocycles. The molecule has 20 heavy (non-hydrogen) atoms. The van der Waals surface area contributed by atoms with Crippen molar-refractivity contribution in [2.45, 2.75) is 40.2 Å². The zero-order chi connectivity index (χ0) is 14.9. The largest absolute Gasteiger partial charge is 0.481 e. The third-order valence-corrected chi connectivity index (χ3v) is 3.14. The van der Waals surface area contributed by atoms with Gasteiger partial charge in [-0.3, -0.25) is 4.79 Å². The predicted molar refractivity (Wildman–Crippen MR) is 71.0 cm³/mol. The fourth-order valence-corrected chi connectivity index (χ4v) is 2.08. The molecule has 1 N–H and O–H groups in total. The van der Waals surface area contributed by atoms with Crippen molar-refractivity contribution in [1.82, 2.24) is 20.2 Å². The van der Waals surface area contributed by atoms with Crippen LogP contribution in [0.1, 0.15) is 39.0 Å². The van der Waals surface area contributed by atoms with Crippen LogP contribution in [0.5, 0.6) is 0 Å². The van der Waals surface area contributed by atoms with E-state index >= 15 is 0 Å². The smallest absolute Gasteiger partial charge is 0.305 e. The van der Waals surface area contributed by atoms with E-state index in [4.69, 9.17) is 9.52 Å². The van der Waals surface area contributed by atoms with Crippen molar-refractivity contribution < 1.29 is 14.3 Å². The van der Waals surface area contributed by atoms with Gasteiger partial charge in [0.25, 0.3) is 0 Å². The van der Waals surface area contributed by atoms with E-state index in [9.17, 15) is 4.79 Å². The fraction of sp³-hybridized carbons (Fsp3) is 0.538. The van der Waals surface area contributed by atoms with Gasteiger partial charge < -0.3 is 9.52 Å². The molecule has 1 atom stereocenters. The molecule has 0 fully saturated rings. The third kappa shape index (κ3) is 2.87. The molecule has 108 valence electrons. The SMILES string of the molecule is Cc1cc(-c2nnnn2C(CC(=O)O)C(C)(C)C)co1. The van der Waals surface area contributed by atoms with E-state index in [1.54, 1.807) is 10.9 Å². The number of carboxylic acid groups (broad SMARTS) is 1. The van der Waals surface area contributed by atoms with Crippen molar-refractivity contribution in [1.29, 1.82) is 0 Å². The molecule has 7 heteroatoms. The molecule has 0 amide bonds. The minimum absolute atomic E-state index is 0.0433. The van der Waals surface area contributed by atoms with Crippen molar-refractivity contribution in [2.24, 2.45) is 5.41 Å². The summed E-state index contributed by atoms with van der Waals surface area (Å²) in [5, 5.41) is 20.8. The number of carbonyl (C=O) groups is 1. The molecule has 0 saturated carbocycles. The van der Waals surface area contributed by atoms with Crippen LogP contribution in [0.3, 0.4) is 0 Å². The second kappa shape index (κ2) is 5.07. The van der Waals surface area contributed by atoms with E-state index in [1.807, 2.05) is 33.8 Å². The third-order valence-electron chi connectivity index (χ3n) is 3.14. The maximum Gasteiger partial charge on any atom is 0.305 e. The Morgan fingerprint density at radius 3 is 2.70 bits per heavy atom. The van der Waals surface area contributed by atoms with Gasteiger partial charge in [0.15, 0.2) is 5.82 Å². The van der Waals surface area contributed by atoms with Crippen LogP contribution in [0.4, 0.5) is 0 Å². The first-order valence-corrected chi connectivity index (χ1v) is 6.34. The van der Waals surface area contributed by atoms with Gasteiger partial charge in [0.2, 0.25) is 0 Å². The van der Waals surface area contributed by atoms with Crippen LogP contribution in [0, 0.1) is 12.3 Å². The van der Waals surface area contributed by atoms with Gasteiger partial charge in [-0.2, -0.15) is 0 Å². The number of tetrazole rings is 1. The van der Waals surface area contributed by atoms with E-state index < -0.39 is 5.97 Å². The van der Waals surface area contributed by atoms with Crippen LogP contribution in [-0.4, -0.2) is 31.3 Å². The van der Waals surface area contributed by atoms with Gasteiger partial charge in [-0.05, 0) is 28.8 Å². The van der Waals surface area contributed by atoms with Crippen LogP contribution >= 0.6 is 0 Å². The highest BCUT2D eigenvalue weighted by Crippen LogP contribution is 2.35. The monoisotopic (exact) mass is 278 g/mol. The van der Waals surface area contributed by atoms with Crippen LogP contribution in [0.25, 0.3) is 11.4 Å². The van der Waals surface area contributed by atoms with Crippen molar-refractivity contribution in [3.63, 3.8) is 0 Å². The molecule has 0 aliphatic rings. The summed E-state index contributed by atoms with van der Waals surface area (Å²) in [5.74, 6) is 0.387. The Labute approximate surface area is 116 Å². The molecule has 0 aliphatic heterocycles. The van der Waals surface area contributed by atoms with Crippen LogP contribution < -0.4 is 0 Å². The van der Waals surface area contributed by atoms with Gasteiger partial charge in [0.1, 0.15) is 12.0 Å². The number of hydrogen-bond donors (Lipinski definition) is 1. The minimum atomic E-state index is -0.880. The maximum absolute atomic E-state index is 11.1. The van der Waals surface area contributed by atoms with Gasteiger partial charge in [0.05, 0.1) is 18.0 Å². The lowest BCUT2D eigenvalue weighted by molar-refractivity contribution is -0.138.